The van der Waals surface area contributed by atoms with Crippen molar-refractivity contribution in [3.8, 4) is 0 Å². The molecule has 2 aliphatic rings. The van der Waals surface area contributed by atoms with Crippen molar-refractivity contribution in [3.63, 3.8) is 0 Å². The summed E-state index contributed by atoms with van der Waals surface area (Å²) in [5.41, 5.74) is 0. The lowest BCUT2D eigenvalue weighted by Crippen LogP contribution is -2.59. The van der Waals surface area contributed by atoms with E-state index in [0.29, 0.717) is 19.6 Å². The van der Waals surface area contributed by atoms with Crippen LogP contribution in [0.15, 0.2) is 0 Å². The highest BCUT2D eigenvalue weighted by Gasteiger charge is 2.39. The number of aliphatic carboxylic acids is 1. The van der Waals surface area contributed by atoms with Crippen molar-refractivity contribution in [1.82, 2.24) is 9.80 Å². The van der Waals surface area contributed by atoms with Crippen molar-refractivity contribution in [2.24, 2.45) is 5.92 Å². The molecule has 0 aromatic carbocycles. The zero-order chi connectivity index (χ0) is 13.8. The van der Waals surface area contributed by atoms with E-state index in [2.05, 4.69) is 0 Å². The highest BCUT2D eigenvalue weighted by atomic mass is 16.4. The Morgan fingerprint density at radius 1 is 1.16 bits per heavy atom. The summed E-state index contributed by atoms with van der Waals surface area (Å²) >= 11 is 0. The molecule has 1 saturated heterocycles. The Morgan fingerprint density at radius 2 is 1.79 bits per heavy atom. The molecule has 2 amide bonds. The van der Waals surface area contributed by atoms with Crippen LogP contribution in [-0.4, -0.2) is 64.3 Å². The summed E-state index contributed by atoms with van der Waals surface area (Å²) in [4.78, 5) is 26.4. The summed E-state index contributed by atoms with van der Waals surface area (Å²) in [5.74, 6) is -1.26. The van der Waals surface area contributed by atoms with Gasteiger partial charge in [-0.25, -0.2) is 4.79 Å². The molecule has 2 rings (SSSR count). The van der Waals surface area contributed by atoms with E-state index in [1.54, 1.807) is 9.80 Å². The Morgan fingerprint density at radius 3 is 2.32 bits per heavy atom. The van der Waals surface area contributed by atoms with Gasteiger partial charge in [-0.15, -0.1) is 0 Å². The topological polar surface area (TPSA) is 81.1 Å². The maximum atomic E-state index is 12.3. The molecule has 6 nitrogen and oxygen atoms in total. The highest BCUT2D eigenvalue weighted by molar-refractivity contribution is 5.80. The Kier molecular flexibility index (Phi) is 4.63. The number of carbonyl (C=O) groups excluding carboxylic acids is 1. The molecule has 6 heteroatoms. The van der Waals surface area contributed by atoms with Crippen molar-refractivity contribution >= 4 is 12.0 Å². The van der Waals surface area contributed by atoms with Crippen molar-refractivity contribution in [1.29, 1.82) is 0 Å². The maximum absolute atomic E-state index is 12.3. The summed E-state index contributed by atoms with van der Waals surface area (Å²) < 4.78 is 0. The van der Waals surface area contributed by atoms with Crippen LogP contribution < -0.4 is 0 Å². The van der Waals surface area contributed by atoms with Gasteiger partial charge in [-0.1, -0.05) is 19.3 Å². The molecule has 0 aromatic rings. The first kappa shape index (κ1) is 14.1. The quantitative estimate of drug-likeness (QED) is 0.790. The predicted molar refractivity (Wildman–Crippen MR) is 68.8 cm³/mol. The molecule has 0 spiro atoms. The van der Waals surface area contributed by atoms with Gasteiger partial charge >= 0.3 is 12.0 Å². The monoisotopic (exact) mass is 270 g/mol. The van der Waals surface area contributed by atoms with Crippen LogP contribution in [0.25, 0.3) is 0 Å². The molecule has 108 valence electrons. The average molecular weight is 270 g/mol. The largest absolute Gasteiger partial charge is 0.481 e. The number of likely N-dealkylation sites (tertiary alicyclic amines) is 1. The number of carbonyl (C=O) groups is 2. The highest BCUT2D eigenvalue weighted by Crippen LogP contribution is 2.25. The van der Waals surface area contributed by atoms with Gasteiger partial charge in [0.25, 0.3) is 0 Å². The summed E-state index contributed by atoms with van der Waals surface area (Å²) in [6.07, 6.45) is 5.43. The van der Waals surface area contributed by atoms with Crippen LogP contribution in [0, 0.1) is 5.92 Å². The standard InChI is InChI=1S/C13H22N2O4/c16-7-6-15(11-4-2-1-3-5-11)13(19)14-8-10(9-14)12(17)18/h10-11,16H,1-9H2,(H,17,18). The summed E-state index contributed by atoms with van der Waals surface area (Å²) in [5, 5.41) is 18.0. The predicted octanol–water partition coefficient (Wildman–Crippen LogP) is 0.750. The Hall–Kier alpha value is -1.30. The molecule has 0 radical (unpaired) electrons. The van der Waals surface area contributed by atoms with Gasteiger partial charge in [0.05, 0.1) is 12.5 Å². The van der Waals surface area contributed by atoms with Gasteiger partial charge in [0, 0.05) is 25.7 Å². The van der Waals surface area contributed by atoms with Crippen LogP contribution in [0.2, 0.25) is 0 Å². The molecule has 0 aromatic heterocycles. The number of carboxylic acid groups (broad SMARTS) is 1. The van der Waals surface area contributed by atoms with Crippen LogP contribution in [0.4, 0.5) is 4.79 Å². The molecule has 1 saturated carbocycles. The van der Waals surface area contributed by atoms with E-state index in [1.807, 2.05) is 0 Å². The molecule has 1 aliphatic carbocycles. The average Bonchev–Trinajstić information content (AvgIpc) is 2.34. The van der Waals surface area contributed by atoms with Gasteiger partial charge < -0.3 is 20.0 Å². The Balaban J connectivity index is 1.91. The number of aliphatic hydroxyl groups is 1. The SMILES string of the molecule is O=C(O)C1CN(C(=O)N(CCO)C2CCCCC2)C1. The number of amides is 2. The summed E-state index contributed by atoms with van der Waals surface area (Å²) in [6.45, 7) is 0.891. The van der Waals surface area contributed by atoms with Gasteiger partial charge in [-0.05, 0) is 12.8 Å². The second-order valence-corrected chi connectivity index (χ2v) is 5.43. The number of aliphatic hydroxyl groups excluding tert-OH is 1. The summed E-state index contributed by atoms with van der Waals surface area (Å²) in [6, 6.07) is 0.0933. The van der Waals surface area contributed by atoms with E-state index < -0.39 is 11.9 Å². The van der Waals surface area contributed by atoms with E-state index in [0.717, 1.165) is 25.7 Å². The van der Waals surface area contributed by atoms with Crippen LogP contribution in [0.5, 0.6) is 0 Å². The van der Waals surface area contributed by atoms with Gasteiger partial charge in [-0.2, -0.15) is 0 Å². The molecule has 0 unspecified atom stereocenters. The van der Waals surface area contributed by atoms with Gasteiger partial charge in [0.15, 0.2) is 0 Å². The molecule has 2 N–H and O–H groups in total. The third-order valence-corrected chi connectivity index (χ3v) is 4.10. The fourth-order valence-electron chi connectivity index (χ4n) is 2.91. The van der Waals surface area contributed by atoms with E-state index in [1.165, 1.54) is 6.42 Å². The molecule has 2 fully saturated rings. The number of carboxylic acids is 1. The number of rotatable bonds is 4. The van der Waals surface area contributed by atoms with E-state index in [-0.39, 0.29) is 18.7 Å². The smallest absolute Gasteiger partial charge is 0.320 e. The molecule has 1 aliphatic heterocycles. The fourth-order valence-corrected chi connectivity index (χ4v) is 2.91. The Labute approximate surface area is 113 Å². The minimum absolute atomic E-state index is 0.0432. The van der Waals surface area contributed by atoms with Crippen LogP contribution in [-0.2, 0) is 4.79 Å². The van der Waals surface area contributed by atoms with Crippen molar-refractivity contribution in [3.05, 3.63) is 0 Å². The lowest BCUT2D eigenvalue weighted by Gasteiger charge is -2.43. The van der Waals surface area contributed by atoms with Crippen LogP contribution in [0.1, 0.15) is 32.1 Å². The number of hydrogen-bond donors (Lipinski definition) is 2. The maximum Gasteiger partial charge on any atom is 0.320 e. The van der Waals surface area contributed by atoms with Crippen molar-refractivity contribution in [2.45, 2.75) is 38.1 Å². The lowest BCUT2D eigenvalue weighted by atomic mass is 9.94. The lowest BCUT2D eigenvalue weighted by molar-refractivity contribution is -0.146. The van der Waals surface area contributed by atoms with Crippen molar-refractivity contribution < 1.29 is 19.8 Å². The molecule has 0 atom stereocenters. The molecule has 19 heavy (non-hydrogen) atoms. The van der Waals surface area contributed by atoms with Crippen LogP contribution >= 0.6 is 0 Å². The number of urea groups is 1. The summed E-state index contributed by atoms with van der Waals surface area (Å²) in [7, 11) is 0. The van der Waals surface area contributed by atoms with Crippen molar-refractivity contribution in [2.75, 3.05) is 26.2 Å². The molecular formula is C13H22N2O4. The first-order valence-corrected chi connectivity index (χ1v) is 7.02. The van der Waals surface area contributed by atoms with Gasteiger partial charge in [-0.3, -0.25) is 4.79 Å². The number of hydrogen-bond acceptors (Lipinski definition) is 3. The third-order valence-electron chi connectivity index (χ3n) is 4.10. The zero-order valence-corrected chi connectivity index (χ0v) is 11.1. The fraction of sp³-hybridized carbons (Fsp3) is 0.846. The van der Waals surface area contributed by atoms with Gasteiger partial charge in [0.1, 0.15) is 0 Å². The van der Waals surface area contributed by atoms with Crippen LogP contribution in [0.3, 0.4) is 0 Å². The Bertz CT molecular complexity index is 336. The third kappa shape index (κ3) is 3.18. The second kappa shape index (κ2) is 6.23. The zero-order valence-electron chi connectivity index (χ0n) is 11.1. The van der Waals surface area contributed by atoms with E-state index >= 15 is 0 Å². The van der Waals surface area contributed by atoms with E-state index in [4.69, 9.17) is 10.2 Å². The molecule has 0 bridgehead atoms. The minimum Gasteiger partial charge on any atom is -0.481 e. The van der Waals surface area contributed by atoms with Gasteiger partial charge in [0.2, 0.25) is 0 Å². The molecular weight excluding hydrogens is 248 g/mol. The minimum atomic E-state index is -0.838. The number of nitrogens with zero attached hydrogens (tertiary/aromatic N) is 2. The molecule has 1 heterocycles. The first-order valence-electron chi connectivity index (χ1n) is 7.02. The van der Waals surface area contributed by atoms with E-state index in [9.17, 15) is 9.59 Å². The normalized spacial score (nSPS) is 21.0. The second-order valence-electron chi connectivity index (χ2n) is 5.43. The first-order chi connectivity index (χ1) is 9.13.